The largest absolute Gasteiger partial charge is 0.383 e. The van der Waals surface area contributed by atoms with Gasteiger partial charge in [0.2, 0.25) is 0 Å². The summed E-state index contributed by atoms with van der Waals surface area (Å²) in [6, 6.07) is 51.8. The van der Waals surface area contributed by atoms with Crippen LogP contribution in [0, 0.1) is 5.41 Å². The molecule has 8 rings (SSSR count). The number of hydrogen-bond donors (Lipinski definition) is 2. The fourth-order valence-electron chi connectivity index (χ4n) is 6.26. The number of rotatable bonds is 5. The van der Waals surface area contributed by atoms with Crippen LogP contribution in [0.5, 0.6) is 0 Å². The maximum atomic E-state index is 8.35. The number of benzene rings is 6. The van der Waals surface area contributed by atoms with Crippen molar-refractivity contribution in [2.75, 3.05) is 0 Å². The molecule has 0 radical (unpaired) electrons. The number of fused-ring (bicyclic) bond motifs is 4. The highest BCUT2D eigenvalue weighted by atomic mass is 15.0. The van der Waals surface area contributed by atoms with E-state index in [9.17, 15) is 0 Å². The summed E-state index contributed by atoms with van der Waals surface area (Å²) in [5, 5.41) is 11.9. The number of pyridine rings is 1. The maximum absolute atomic E-state index is 8.35. The highest BCUT2D eigenvalue weighted by Crippen LogP contribution is 2.37. The third kappa shape index (κ3) is 4.81. The topological polar surface area (TPSA) is 80.0 Å². The van der Waals surface area contributed by atoms with Crippen LogP contribution in [0.25, 0.3) is 60.6 Å². The van der Waals surface area contributed by atoms with E-state index in [1.165, 1.54) is 21.8 Å². The second kappa shape index (κ2) is 11.3. The molecule has 0 aliphatic carbocycles. The number of nitrogens with one attached hydrogen (secondary N) is 1. The molecule has 0 bridgehead atoms. The van der Waals surface area contributed by atoms with Crippen molar-refractivity contribution in [3.8, 4) is 27.9 Å². The van der Waals surface area contributed by atoms with E-state index in [1.54, 1.807) is 0 Å². The molecule has 8 aromatic rings. The van der Waals surface area contributed by atoms with Crippen LogP contribution in [0.1, 0.15) is 11.1 Å². The van der Waals surface area contributed by atoms with Crippen LogP contribution in [0.3, 0.4) is 0 Å². The molecular formula is C41H29N5. The summed E-state index contributed by atoms with van der Waals surface area (Å²) < 4.78 is 2.33. The lowest BCUT2D eigenvalue weighted by Gasteiger charge is -2.12. The van der Waals surface area contributed by atoms with Crippen molar-refractivity contribution < 1.29 is 0 Å². The Balaban J connectivity index is 1.22. The first-order chi connectivity index (χ1) is 22.6. The summed E-state index contributed by atoms with van der Waals surface area (Å²) in [6.07, 6.45) is 1.84. The van der Waals surface area contributed by atoms with Crippen LogP contribution < -0.4 is 5.73 Å². The standard InChI is InChI=1S/C41H29N5/c42-40(28-10-3-1-4-11-28)45-41(43)29-19-17-27(18-20-29)35-25-31(26-37-33(35)15-9-23-44-37)30-21-22-39-36(24-30)34-14-7-8-16-38(34)46(39)32-12-5-2-6-13-32/h1-26H,(H3,42,43,45). The minimum absolute atomic E-state index is 0.135. The van der Waals surface area contributed by atoms with Gasteiger partial charge in [-0.15, -0.1) is 0 Å². The van der Waals surface area contributed by atoms with Crippen LogP contribution in [0.4, 0.5) is 0 Å². The summed E-state index contributed by atoms with van der Waals surface area (Å²) in [5.41, 5.74) is 16.6. The summed E-state index contributed by atoms with van der Waals surface area (Å²) >= 11 is 0. The Hall–Kier alpha value is -6.33. The number of hydrogen-bond acceptors (Lipinski definition) is 2. The average molecular weight is 592 g/mol. The number of nitrogens with zero attached hydrogens (tertiary/aromatic N) is 3. The molecule has 0 unspecified atom stereocenters. The normalized spacial score (nSPS) is 11.8. The molecular weight excluding hydrogens is 562 g/mol. The van der Waals surface area contributed by atoms with Gasteiger partial charge >= 0.3 is 0 Å². The van der Waals surface area contributed by atoms with E-state index in [2.05, 4.69) is 113 Å². The molecule has 2 heterocycles. The molecule has 0 saturated carbocycles. The Morgan fingerprint density at radius 1 is 0.565 bits per heavy atom. The zero-order valence-corrected chi connectivity index (χ0v) is 24.9. The molecule has 0 aliphatic heterocycles. The number of amidine groups is 2. The molecule has 0 atom stereocenters. The number of aromatic nitrogens is 2. The molecule has 0 amide bonds. The SMILES string of the molecule is N=C(N=C(N)c1ccc(-c2cc(-c3ccc4c(c3)c3ccccc3n4-c3ccccc3)cc3ncccc23)cc1)c1ccccc1. The Bertz CT molecular complexity index is 2420. The van der Waals surface area contributed by atoms with Gasteiger partial charge in [-0.2, -0.15) is 0 Å². The Kier molecular flexibility index (Phi) is 6.69. The zero-order valence-electron chi connectivity index (χ0n) is 24.9. The van der Waals surface area contributed by atoms with E-state index in [-0.39, 0.29) is 5.84 Å². The van der Waals surface area contributed by atoms with Crippen LogP contribution in [0.2, 0.25) is 0 Å². The van der Waals surface area contributed by atoms with Gasteiger partial charge in [-0.25, -0.2) is 4.99 Å². The van der Waals surface area contributed by atoms with E-state index in [0.29, 0.717) is 5.84 Å². The number of aliphatic imine (C=N–C) groups is 1. The van der Waals surface area contributed by atoms with Gasteiger partial charge in [-0.1, -0.05) is 103 Å². The highest BCUT2D eigenvalue weighted by Gasteiger charge is 2.15. The summed E-state index contributed by atoms with van der Waals surface area (Å²) in [5.74, 6) is 0.444. The number of nitrogens with two attached hydrogens (primary N) is 1. The third-order valence-corrected chi connectivity index (χ3v) is 8.51. The van der Waals surface area contributed by atoms with E-state index in [0.717, 1.165) is 50.0 Å². The molecule has 46 heavy (non-hydrogen) atoms. The van der Waals surface area contributed by atoms with Gasteiger partial charge in [0.15, 0.2) is 5.84 Å². The molecule has 0 fully saturated rings. The second-order valence-electron chi connectivity index (χ2n) is 11.3. The molecule has 5 nitrogen and oxygen atoms in total. The highest BCUT2D eigenvalue weighted by molar-refractivity contribution is 6.11. The Morgan fingerprint density at radius 3 is 2.04 bits per heavy atom. The van der Waals surface area contributed by atoms with Crippen LogP contribution in [-0.2, 0) is 0 Å². The van der Waals surface area contributed by atoms with Gasteiger partial charge in [0, 0.05) is 39.2 Å². The first-order valence-corrected chi connectivity index (χ1v) is 15.2. The van der Waals surface area contributed by atoms with Crippen molar-refractivity contribution >= 4 is 44.4 Å². The molecule has 2 aromatic heterocycles. The lowest BCUT2D eigenvalue weighted by atomic mass is 9.94. The lowest BCUT2D eigenvalue weighted by Crippen LogP contribution is -2.15. The molecule has 0 saturated heterocycles. The zero-order chi connectivity index (χ0) is 31.0. The van der Waals surface area contributed by atoms with Gasteiger partial charge in [-0.05, 0) is 70.8 Å². The van der Waals surface area contributed by atoms with Gasteiger partial charge in [0.25, 0.3) is 0 Å². The fourth-order valence-corrected chi connectivity index (χ4v) is 6.26. The Labute approximate surface area is 266 Å². The van der Waals surface area contributed by atoms with Gasteiger partial charge in [-0.3, -0.25) is 10.4 Å². The summed E-state index contributed by atoms with van der Waals surface area (Å²) in [4.78, 5) is 9.11. The van der Waals surface area contributed by atoms with Crippen molar-refractivity contribution in [3.05, 3.63) is 169 Å². The van der Waals surface area contributed by atoms with Crippen molar-refractivity contribution in [1.29, 1.82) is 5.41 Å². The van der Waals surface area contributed by atoms with Gasteiger partial charge < -0.3 is 10.3 Å². The number of para-hydroxylation sites is 2. The smallest absolute Gasteiger partial charge is 0.154 e. The Morgan fingerprint density at radius 2 is 1.24 bits per heavy atom. The fraction of sp³-hybridized carbons (Fsp3) is 0. The van der Waals surface area contributed by atoms with Crippen molar-refractivity contribution in [3.63, 3.8) is 0 Å². The minimum atomic E-state index is 0.135. The van der Waals surface area contributed by atoms with Crippen LogP contribution >= 0.6 is 0 Å². The van der Waals surface area contributed by atoms with Gasteiger partial charge in [0.05, 0.1) is 16.6 Å². The lowest BCUT2D eigenvalue weighted by molar-refractivity contribution is 1.18. The van der Waals surface area contributed by atoms with Crippen molar-refractivity contribution in [1.82, 2.24) is 9.55 Å². The molecule has 218 valence electrons. The van der Waals surface area contributed by atoms with Crippen LogP contribution in [0.15, 0.2) is 163 Å². The van der Waals surface area contributed by atoms with Crippen LogP contribution in [-0.4, -0.2) is 21.2 Å². The molecule has 0 spiro atoms. The van der Waals surface area contributed by atoms with Gasteiger partial charge in [0.1, 0.15) is 5.84 Å². The summed E-state index contributed by atoms with van der Waals surface area (Å²) in [6.45, 7) is 0. The first kappa shape index (κ1) is 27.2. The molecule has 6 aromatic carbocycles. The molecule has 3 N–H and O–H groups in total. The third-order valence-electron chi connectivity index (χ3n) is 8.51. The van der Waals surface area contributed by atoms with E-state index < -0.39 is 0 Å². The maximum Gasteiger partial charge on any atom is 0.154 e. The second-order valence-corrected chi connectivity index (χ2v) is 11.3. The summed E-state index contributed by atoms with van der Waals surface area (Å²) in [7, 11) is 0. The van der Waals surface area contributed by atoms with Crippen molar-refractivity contribution in [2.45, 2.75) is 0 Å². The predicted octanol–water partition coefficient (Wildman–Crippen LogP) is 9.40. The quantitative estimate of drug-likeness (QED) is 0.154. The molecule has 5 heteroatoms. The van der Waals surface area contributed by atoms with E-state index in [1.807, 2.05) is 54.7 Å². The van der Waals surface area contributed by atoms with E-state index >= 15 is 0 Å². The molecule has 0 aliphatic rings. The monoisotopic (exact) mass is 591 g/mol. The van der Waals surface area contributed by atoms with Crippen molar-refractivity contribution in [2.24, 2.45) is 10.7 Å². The minimum Gasteiger partial charge on any atom is -0.383 e. The van der Waals surface area contributed by atoms with E-state index in [4.69, 9.17) is 16.1 Å². The average Bonchev–Trinajstić information content (AvgIpc) is 3.45. The first-order valence-electron chi connectivity index (χ1n) is 15.2. The predicted molar refractivity (Wildman–Crippen MR) is 191 cm³/mol.